The van der Waals surface area contributed by atoms with Crippen LogP contribution in [0.3, 0.4) is 0 Å². The molecule has 2 aromatic rings. The van der Waals surface area contributed by atoms with Gasteiger partial charge in [-0.1, -0.05) is 36.4 Å². The van der Waals surface area contributed by atoms with Gasteiger partial charge in [0, 0.05) is 11.8 Å². The van der Waals surface area contributed by atoms with Gasteiger partial charge in [-0.3, -0.25) is 9.59 Å². The fraction of sp³-hybridized carbons (Fsp3) is 0.360. The molecule has 6 aliphatic rings. The van der Waals surface area contributed by atoms with Crippen LogP contribution in [0.25, 0.3) is 0 Å². The normalized spacial score (nSPS) is 36.3. The molecule has 9 heteroatoms. The quantitative estimate of drug-likeness (QED) is 0.216. The molecule has 1 saturated heterocycles. The summed E-state index contributed by atoms with van der Waals surface area (Å²) in [5.41, 5.74) is -5.35. The molecule has 174 valence electrons. The van der Waals surface area contributed by atoms with Crippen molar-refractivity contribution < 1.29 is 40.7 Å². The summed E-state index contributed by atoms with van der Waals surface area (Å²) in [6.45, 7) is 0. The molecular weight excluding hydrogens is 462 g/mol. The molecule has 0 unspecified atom stereocenters. The summed E-state index contributed by atoms with van der Waals surface area (Å²) >= 11 is 0. The maximum atomic E-state index is 13.9. The van der Waals surface area contributed by atoms with Crippen LogP contribution in [0.1, 0.15) is 51.6 Å². The number of rotatable bonds is 0. The molecule has 1 heterocycles. The van der Waals surface area contributed by atoms with E-state index in [1.54, 1.807) is 36.4 Å². The Kier molecular flexibility index (Phi) is 3.33. The highest BCUT2D eigenvalue weighted by atomic mass is 19.4. The maximum absolute atomic E-state index is 13.9. The minimum atomic E-state index is -5.26. The van der Waals surface area contributed by atoms with Crippen molar-refractivity contribution in [1.29, 1.82) is 0 Å². The lowest BCUT2D eigenvalue weighted by molar-refractivity contribution is -0.162. The molecular formula is C25H14F6O3. The zero-order chi connectivity index (χ0) is 24.0. The average Bonchev–Trinajstić information content (AvgIpc) is 3.43. The number of esters is 2. The number of ether oxygens (including phenoxy) is 1. The molecule has 3 nitrogen and oxygen atoms in total. The highest BCUT2D eigenvalue weighted by Crippen LogP contribution is 2.82. The third kappa shape index (κ3) is 1.86. The topological polar surface area (TPSA) is 43.4 Å². The second kappa shape index (κ2) is 5.58. The molecule has 5 aliphatic carbocycles. The van der Waals surface area contributed by atoms with Gasteiger partial charge in [-0.05, 0) is 52.6 Å². The van der Waals surface area contributed by atoms with E-state index in [2.05, 4.69) is 0 Å². The van der Waals surface area contributed by atoms with Crippen molar-refractivity contribution in [3.63, 3.8) is 0 Å². The number of hydrogen-bond acceptors (Lipinski definition) is 3. The number of carbonyl (C=O) groups is 2. The molecule has 1 saturated carbocycles. The average molecular weight is 476 g/mol. The van der Waals surface area contributed by atoms with Crippen molar-refractivity contribution in [2.45, 2.75) is 30.6 Å². The summed E-state index contributed by atoms with van der Waals surface area (Å²) < 4.78 is 88.3. The summed E-state index contributed by atoms with van der Waals surface area (Å²) in [6, 6.07) is 7.83. The van der Waals surface area contributed by atoms with Gasteiger partial charge in [-0.15, -0.1) is 0 Å². The van der Waals surface area contributed by atoms with Gasteiger partial charge in [0.2, 0.25) is 0 Å². The number of hydrogen-bond donors (Lipinski definition) is 0. The van der Waals surface area contributed by atoms with Gasteiger partial charge in [0.25, 0.3) is 0 Å². The minimum Gasteiger partial charge on any atom is -0.392 e. The highest BCUT2D eigenvalue weighted by molar-refractivity contribution is 6.07. The summed E-state index contributed by atoms with van der Waals surface area (Å²) in [4.78, 5) is 26.9. The van der Waals surface area contributed by atoms with Gasteiger partial charge < -0.3 is 4.74 Å². The second-order valence-corrected chi connectivity index (χ2v) is 9.77. The molecule has 2 aromatic carbocycles. The summed E-state index contributed by atoms with van der Waals surface area (Å²) in [6.07, 6.45) is -6.48. The summed E-state index contributed by atoms with van der Waals surface area (Å²) in [5, 5.41) is 0. The predicted molar refractivity (Wildman–Crippen MR) is 103 cm³/mol. The lowest BCUT2D eigenvalue weighted by Gasteiger charge is -2.59. The molecule has 1 aliphatic heterocycles. The molecule has 2 fully saturated rings. The molecule has 0 amide bonds. The number of fused-ring (bicyclic) bond motifs is 2. The van der Waals surface area contributed by atoms with Crippen LogP contribution in [-0.4, -0.2) is 11.9 Å². The monoisotopic (exact) mass is 476 g/mol. The van der Waals surface area contributed by atoms with Crippen LogP contribution in [0, 0.1) is 22.7 Å². The highest BCUT2D eigenvalue weighted by Gasteiger charge is 2.86. The van der Waals surface area contributed by atoms with E-state index in [1.165, 1.54) is 0 Å². The Morgan fingerprint density at radius 1 is 0.706 bits per heavy atom. The Labute approximate surface area is 188 Å². The SMILES string of the molecule is O=C1OC(=O)[C@]23[C@H]4c5ccccc5[C@H](c5cc(C(F)(F)F)c(C(F)(F)F)cc54)[C@]12[C@@H]1C=C[C@H]3C1. The Balaban J connectivity index is 1.65. The van der Waals surface area contributed by atoms with Crippen molar-refractivity contribution in [1.82, 2.24) is 0 Å². The number of cyclic esters (lactones) is 2. The number of alkyl halides is 6. The van der Waals surface area contributed by atoms with Crippen LogP contribution in [0.5, 0.6) is 0 Å². The lowest BCUT2D eigenvalue weighted by atomic mass is 9.38. The summed E-state index contributed by atoms with van der Waals surface area (Å²) in [7, 11) is 0. The van der Waals surface area contributed by atoms with Crippen molar-refractivity contribution in [3.8, 4) is 0 Å². The molecule has 4 bridgehead atoms. The van der Waals surface area contributed by atoms with Gasteiger partial charge in [-0.2, -0.15) is 26.3 Å². The molecule has 0 spiro atoms. The number of allylic oxidation sites excluding steroid dienone is 2. The van der Waals surface area contributed by atoms with Crippen LogP contribution in [-0.2, 0) is 26.7 Å². The molecule has 0 aromatic heterocycles. The third-order valence-electron chi connectivity index (χ3n) is 8.78. The Hall–Kier alpha value is -3.10. The van der Waals surface area contributed by atoms with Gasteiger partial charge in [0.1, 0.15) is 10.8 Å². The number of halogens is 6. The van der Waals surface area contributed by atoms with Crippen LogP contribution < -0.4 is 0 Å². The Morgan fingerprint density at radius 2 is 1.12 bits per heavy atom. The second-order valence-electron chi connectivity index (χ2n) is 9.77. The van der Waals surface area contributed by atoms with Crippen molar-refractivity contribution in [2.24, 2.45) is 22.7 Å². The van der Waals surface area contributed by atoms with Crippen molar-refractivity contribution in [3.05, 3.63) is 81.9 Å². The van der Waals surface area contributed by atoms with Crippen LogP contribution in [0.4, 0.5) is 26.3 Å². The summed E-state index contributed by atoms with van der Waals surface area (Å²) in [5.74, 6) is -4.54. The van der Waals surface area contributed by atoms with Gasteiger partial charge in [-0.25, -0.2) is 0 Å². The van der Waals surface area contributed by atoms with Crippen molar-refractivity contribution in [2.75, 3.05) is 0 Å². The van der Waals surface area contributed by atoms with E-state index >= 15 is 0 Å². The number of benzene rings is 2. The first-order chi connectivity index (χ1) is 15.9. The van der Waals surface area contributed by atoms with E-state index < -0.39 is 69.9 Å². The van der Waals surface area contributed by atoms with E-state index in [0.29, 0.717) is 29.7 Å². The number of carbonyl (C=O) groups excluding carboxylic acids is 2. The zero-order valence-electron chi connectivity index (χ0n) is 17.1. The van der Waals surface area contributed by atoms with Gasteiger partial charge in [0.15, 0.2) is 0 Å². The van der Waals surface area contributed by atoms with Crippen LogP contribution >= 0.6 is 0 Å². The molecule has 6 atom stereocenters. The van der Waals surface area contributed by atoms with Crippen LogP contribution in [0.2, 0.25) is 0 Å². The molecule has 34 heavy (non-hydrogen) atoms. The van der Waals surface area contributed by atoms with E-state index in [0.717, 1.165) is 0 Å². The van der Waals surface area contributed by atoms with E-state index in [1.807, 2.05) is 0 Å². The first-order valence-corrected chi connectivity index (χ1v) is 10.8. The lowest BCUT2D eigenvalue weighted by Crippen LogP contribution is -2.60. The van der Waals surface area contributed by atoms with Crippen LogP contribution in [0.15, 0.2) is 48.6 Å². The van der Waals surface area contributed by atoms with Gasteiger partial charge in [0.05, 0.1) is 11.1 Å². The fourth-order valence-electron chi connectivity index (χ4n) is 7.98. The Morgan fingerprint density at radius 3 is 1.50 bits per heavy atom. The predicted octanol–water partition coefficient (Wildman–Crippen LogP) is 5.58. The third-order valence-corrected chi connectivity index (χ3v) is 8.78. The smallest absolute Gasteiger partial charge is 0.392 e. The Bertz CT molecular complexity index is 1270. The molecule has 0 radical (unpaired) electrons. The first kappa shape index (κ1) is 20.3. The van der Waals surface area contributed by atoms with E-state index in [9.17, 15) is 35.9 Å². The molecule has 0 N–H and O–H groups in total. The van der Waals surface area contributed by atoms with E-state index in [-0.39, 0.29) is 11.1 Å². The fourth-order valence-corrected chi connectivity index (χ4v) is 7.98. The standard InChI is InChI=1S/C25H14F6O3/c26-24(27,28)16-8-14-15(9-17(16)25(29,30)31)19-13-4-2-1-3-12(13)18(14)22-10-5-6-11(7-10)23(19,22)21(33)34-20(22)32/h1-6,8-11,18-19H,7H2/t10-,11+,18-,19+,22-,23+. The molecule has 8 rings (SSSR count). The van der Waals surface area contributed by atoms with Crippen molar-refractivity contribution >= 4 is 11.9 Å². The maximum Gasteiger partial charge on any atom is 0.417 e. The first-order valence-electron chi connectivity index (χ1n) is 10.8. The largest absolute Gasteiger partial charge is 0.417 e. The minimum absolute atomic E-state index is 0.0206. The zero-order valence-corrected chi connectivity index (χ0v) is 17.1. The van der Waals surface area contributed by atoms with E-state index in [4.69, 9.17) is 4.74 Å². The van der Waals surface area contributed by atoms with Gasteiger partial charge >= 0.3 is 24.3 Å².